The molecule has 0 radical (unpaired) electrons. The zero-order chi connectivity index (χ0) is 25.8. The van der Waals surface area contributed by atoms with Crippen molar-refractivity contribution in [3.8, 4) is 17.2 Å². The van der Waals surface area contributed by atoms with E-state index < -0.39 is 11.5 Å². The van der Waals surface area contributed by atoms with Crippen LogP contribution >= 0.6 is 11.6 Å². The van der Waals surface area contributed by atoms with Crippen LogP contribution in [0.1, 0.15) is 16.2 Å². The Hall–Kier alpha value is -4.68. The second-order valence-electron chi connectivity index (χ2n) is 7.75. The number of aromatic nitrogens is 4. The van der Waals surface area contributed by atoms with Crippen molar-refractivity contribution in [1.82, 2.24) is 30.5 Å². The van der Waals surface area contributed by atoms with Gasteiger partial charge in [-0.3, -0.25) is 14.2 Å². The van der Waals surface area contributed by atoms with Crippen LogP contribution in [-0.4, -0.2) is 38.9 Å². The topological polar surface area (TPSA) is 149 Å². The van der Waals surface area contributed by atoms with E-state index in [0.29, 0.717) is 16.5 Å². The lowest BCUT2D eigenvalue weighted by atomic mass is 10.2. The molecule has 1 atom stereocenters. The molecule has 3 N–H and O–H groups in total. The van der Waals surface area contributed by atoms with Crippen LogP contribution in [0.25, 0.3) is 11.5 Å². The van der Waals surface area contributed by atoms with Crippen molar-refractivity contribution in [2.24, 2.45) is 4.99 Å². The van der Waals surface area contributed by atoms with Crippen LogP contribution in [-0.2, 0) is 11.4 Å². The molecule has 13 heteroatoms. The van der Waals surface area contributed by atoms with E-state index in [4.69, 9.17) is 25.7 Å². The number of halogens is 1. The van der Waals surface area contributed by atoms with Gasteiger partial charge in [0.2, 0.25) is 11.8 Å². The minimum Gasteiger partial charge on any atom is -0.469 e. The predicted octanol–water partition coefficient (Wildman–Crippen LogP) is 2.27. The van der Waals surface area contributed by atoms with E-state index >= 15 is 0 Å². The molecule has 37 heavy (non-hydrogen) atoms. The largest absolute Gasteiger partial charge is 0.469 e. The van der Waals surface area contributed by atoms with Crippen LogP contribution in [0.4, 0.5) is 5.69 Å². The lowest BCUT2D eigenvalue weighted by Crippen LogP contribution is -2.36. The van der Waals surface area contributed by atoms with Gasteiger partial charge in [0, 0.05) is 24.3 Å². The fourth-order valence-corrected chi connectivity index (χ4v) is 3.53. The molecular weight excluding hydrogens is 502 g/mol. The van der Waals surface area contributed by atoms with Crippen molar-refractivity contribution in [1.29, 1.82) is 0 Å². The Morgan fingerprint density at radius 3 is 2.70 bits per heavy atom. The highest BCUT2D eigenvalue weighted by Gasteiger charge is 2.19. The number of carbonyl (C=O) groups is 1. The SMILES string of the molecule is CNC(=O)c1noc(-c2c[nH]/c(=N\c3ccc(OC4C=CON4)cc3)n(Cc3ccc(Cl)cc3)c2=O)n1. The molecule has 2 aromatic carbocycles. The van der Waals surface area contributed by atoms with E-state index in [2.05, 4.69) is 30.9 Å². The van der Waals surface area contributed by atoms with Crippen LogP contribution in [0.2, 0.25) is 5.02 Å². The third kappa shape index (κ3) is 5.44. The maximum Gasteiger partial charge on any atom is 0.292 e. The molecule has 1 aliphatic heterocycles. The molecule has 1 unspecified atom stereocenters. The number of nitrogens with zero attached hydrogens (tertiary/aromatic N) is 4. The summed E-state index contributed by atoms with van der Waals surface area (Å²) in [5.74, 6) is -0.219. The van der Waals surface area contributed by atoms with Crippen LogP contribution in [0.15, 0.2) is 81.4 Å². The quantitative estimate of drug-likeness (QED) is 0.335. The number of hydrogen-bond acceptors (Lipinski definition) is 9. The van der Waals surface area contributed by atoms with E-state index in [1.807, 2.05) is 12.1 Å². The number of ether oxygens (including phenoxy) is 1. The van der Waals surface area contributed by atoms with Crippen LogP contribution < -0.4 is 26.7 Å². The minimum atomic E-state index is -0.535. The maximum absolute atomic E-state index is 13.5. The Morgan fingerprint density at radius 2 is 2.00 bits per heavy atom. The Morgan fingerprint density at radius 1 is 1.22 bits per heavy atom. The molecule has 0 bridgehead atoms. The molecule has 0 saturated carbocycles. The lowest BCUT2D eigenvalue weighted by Gasteiger charge is -2.11. The number of rotatable bonds is 7. The van der Waals surface area contributed by atoms with Crippen molar-refractivity contribution in [3.63, 3.8) is 0 Å². The molecule has 5 rings (SSSR count). The molecule has 0 spiro atoms. The Bertz CT molecular complexity index is 1570. The number of aromatic amines is 1. The van der Waals surface area contributed by atoms with Gasteiger partial charge in [-0.15, -0.1) is 5.48 Å². The van der Waals surface area contributed by atoms with Gasteiger partial charge in [-0.05, 0) is 42.0 Å². The molecule has 4 aromatic rings. The molecule has 188 valence electrons. The van der Waals surface area contributed by atoms with Gasteiger partial charge in [0.05, 0.1) is 12.2 Å². The monoisotopic (exact) mass is 521 g/mol. The normalized spacial score (nSPS) is 15.0. The maximum atomic E-state index is 13.5. The highest BCUT2D eigenvalue weighted by atomic mass is 35.5. The van der Waals surface area contributed by atoms with Crippen molar-refractivity contribution in [2.75, 3.05) is 7.05 Å². The summed E-state index contributed by atoms with van der Waals surface area (Å²) in [4.78, 5) is 41.9. The highest BCUT2D eigenvalue weighted by Crippen LogP contribution is 2.19. The molecule has 12 nitrogen and oxygen atoms in total. The molecule has 3 heterocycles. The van der Waals surface area contributed by atoms with E-state index in [9.17, 15) is 9.59 Å². The van der Waals surface area contributed by atoms with Gasteiger partial charge in [0.1, 0.15) is 17.6 Å². The van der Waals surface area contributed by atoms with Crippen molar-refractivity contribution in [3.05, 3.63) is 99.4 Å². The van der Waals surface area contributed by atoms with Crippen LogP contribution in [0.3, 0.4) is 0 Å². The summed E-state index contributed by atoms with van der Waals surface area (Å²) in [6.45, 7) is 0.177. The number of hydroxylamine groups is 1. The van der Waals surface area contributed by atoms with Gasteiger partial charge in [0.25, 0.3) is 23.2 Å². The number of hydrogen-bond donors (Lipinski definition) is 3. The second kappa shape index (κ2) is 10.5. The summed E-state index contributed by atoms with van der Waals surface area (Å²) in [5, 5.41) is 6.62. The Labute approximate surface area is 214 Å². The summed E-state index contributed by atoms with van der Waals surface area (Å²) >= 11 is 6.02. The first kappa shape index (κ1) is 24.0. The Kier molecular flexibility index (Phi) is 6.83. The fourth-order valence-electron chi connectivity index (χ4n) is 3.41. The minimum absolute atomic E-state index is 0.0821. The first-order valence-electron chi connectivity index (χ1n) is 11.0. The van der Waals surface area contributed by atoms with E-state index in [1.165, 1.54) is 24.1 Å². The molecule has 2 aromatic heterocycles. The van der Waals surface area contributed by atoms with E-state index in [1.54, 1.807) is 42.5 Å². The third-order valence-electron chi connectivity index (χ3n) is 5.26. The van der Waals surface area contributed by atoms with Crippen molar-refractivity contribution in [2.45, 2.75) is 12.8 Å². The van der Waals surface area contributed by atoms with Gasteiger partial charge in [-0.25, -0.2) is 4.99 Å². The molecule has 0 saturated heterocycles. The number of H-pyrrole nitrogens is 1. The van der Waals surface area contributed by atoms with Gasteiger partial charge in [-0.1, -0.05) is 28.9 Å². The van der Waals surface area contributed by atoms with Gasteiger partial charge in [-0.2, -0.15) is 4.98 Å². The first-order chi connectivity index (χ1) is 18.0. The molecule has 1 aliphatic rings. The molecule has 0 fully saturated rings. The zero-order valence-electron chi connectivity index (χ0n) is 19.3. The van der Waals surface area contributed by atoms with Crippen molar-refractivity contribution >= 4 is 23.2 Å². The lowest BCUT2D eigenvalue weighted by molar-refractivity contribution is 0.0612. The second-order valence-corrected chi connectivity index (χ2v) is 8.19. The fraction of sp³-hybridized carbons (Fsp3) is 0.125. The van der Waals surface area contributed by atoms with Crippen molar-refractivity contribution < 1.29 is 18.9 Å². The number of carbonyl (C=O) groups excluding carboxylic acids is 1. The summed E-state index contributed by atoms with van der Waals surface area (Å²) in [6, 6.07) is 14.1. The highest BCUT2D eigenvalue weighted by molar-refractivity contribution is 6.30. The Balaban J connectivity index is 1.53. The van der Waals surface area contributed by atoms with E-state index in [0.717, 1.165) is 5.56 Å². The smallest absolute Gasteiger partial charge is 0.292 e. The summed E-state index contributed by atoms with van der Waals surface area (Å²) in [7, 11) is 1.44. The van der Waals surface area contributed by atoms with Crippen LogP contribution in [0, 0.1) is 0 Å². The summed E-state index contributed by atoms with van der Waals surface area (Å²) in [5.41, 5.74) is 3.98. The zero-order valence-corrected chi connectivity index (χ0v) is 20.1. The van der Waals surface area contributed by atoms with E-state index in [-0.39, 0.29) is 35.7 Å². The molecular formula is C24H20ClN7O5. The summed E-state index contributed by atoms with van der Waals surface area (Å²) in [6.07, 6.45) is 4.25. The molecule has 0 aliphatic carbocycles. The number of nitrogens with one attached hydrogen (secondary N) is 3. The van der Waals surface area contributed by atoms with Crippen LogP contribution in [0.5, 0.6) is 5.75 Å². The standard InChI is InChI=1S/C24H20ClN7O5/c1-26-21(33)20-29-22(37-31-20)18-12-27-24(32(23(18)34)13-14-2-4-15(25)5-3-14)28-16-6-8-17(9-7-16)36-19-10-11-35-30-19/h2-12,19,30H,13H2,1H3,(H,26,33)(H,27,28). The van der Waals surface area contributed by atoms with Gasteiger partial charge < -0.3 is 24.4 Å². The predicted molar refractivity (Wildman–Crippen MR) is 132 cm³/mol. The van der Waals surface area contributed by atoms with Gasteiger partial charge in [0.15, 0.2) is 0 Å². The van der Waals surface area contributed by atoms with Gasteiger partial charge >= 0.3 is 0 Å². The third-order valence-corrected chi connectivity index (χ3v) is 5.51. The number of amides is 1. The summed E-state index contributed by atoms with van der Waals surface area (Å²) < 4.78 is 12.3. The molecule has 1 amide bonds. The number of benzene rings is 2. The first-order valence-corrected chi connectivity index (χ1v) is 11.4. The average Bonchev–Trinajstić information content (AvgIpc) is 3.61. The average molecular weight is 522 g/mol.